The number of nitrogen functional groups attached to an aromatic ring is 1. The Morgan fingerprint density at radius 1 is 1.32 bits per heavy atom. The molecular weight excluding hydrogens is 370 g/mol. The van der Waals surface area contributed by atoms with Crippen molar-refractivity contribution in [2.45, 2.75) is 6.42 Å². The molecule has 6 nitrogen and oxygen atoms in total. The lowest BCUT2D eigenvalue weighted by Gasteiger charge is -2.09. The van der Waals surface area contributed by atoms with Crippen LogP contribution >= 0.6 is 27.5 Å². The van der Waals surface area contributed by atoms with Crippen LogP contribution in [0, 0.1) is 0 Å². The Kier molecular flexibility index (Phi) is 5.97. The monoisotopic (exact) mass is 383 g/mol. The zero-order valence-corrected chi connectivity index (χ0v) is 14.0. The van der Waals surface area contributed by atoms with Crippen molar-refractivity contribution in [1.29, 1.82) is 0 Å². The molecule has 8 heteroatoms. The van der Waals surface area contributed by atoms with Crippen LogP contribution in [-0.4, -0.2) is 29.0 Å². The van der Waals surface area contributed by atoms with Crippen LogP contribution in [0.1, 0.15) is 16.8 Å². The molecule has 1 aromatic heterocycles. The highest BCUT2D eigenvalue weighted by Gasteiger charge is 2.06. The fourth-order valence-electron chi connectivity index (χ4n) is 1.74. The Morgan fingerprint density at radius 2 is 2.14 bits per heavy atom. The molecule has 0 aliphatic carbocycles. The maximum Gasteiger partial charge on any atom is 0.251 e. The minimum Gasteiger partial charge on any atom is -0.382 e. The van der Waals surface area contributed by atoms with Crippen LogP contribution in [0.5, 0.6) is 0 Å². The van der Waals surface area contributed by atoms with Gasteiger partial charge in [0.1, 0.15) is 23.0 Å². The fraction of sp³-hybridized carbons (Fsp3) is 0.214. The number of hydrogen-bond acceptors (Lipinski definition) is 5. The van der Waals surface area contributed by atoms with Crippen LogP contribution in [0.4, 0.5) is 11.6 Å². The van der Waals surface area contributed by atoms with E-state index in [4.69, 9.17) is 17.3 Å². The lowest BCUT2D eigenvalue weighted by molar-refractivity contribution is 0.0953. The zero-order valence-electron chi connectivity index (χ0n) is 11.6. The van der Waals surface area contributed by atoms with Gasteiger partial charge in [-0.15, -0.1) is 0 Å². The molecule has 116 valence electrons. The number of nitrogens with one attached hydrogen (secondary N) is 2. The van der Waals surface area contributed by atoms with Gasteiger partial charge < -0.3 is 16.4 Å². The number of hydrogen-bond donors (Lipinski definition) is 3. The first-order valence-electron chi connectivity index (χ1n) is 6.61. The van der Waals surface area contributed by atoms with Gasteiger partial charge in [0.25, 0.3) is 5.91 Å². The van der Waals surface area contributed by atoms with E-state index in [0.29, 0.717) is 29.5 Å². The number of rotatable bonds is 6. The summed E-state index contributed by atoms with van der Waals surface area (Å²) in [6, 6.07) is 7.23. The molecule has 4 N–H and O–H groups in total. The molecule has 1 heterocycles. The maximum atomic E-state index is 11.9. The summed E-state index contributed by atoms with van der Waals surface area (Å²) in [5.74, 6) is 0.625. The molecule has 0 radical (unpaired) electrons. The predicted octanol–water partition coefficient (Wildman–Crippen LogP) is 2.71. The topological polar surface area (TPSA) is 92.9 Å². The van der Waals surface area contributed by atoms with Gasteiger partial charge in [0.15, 0.2) is 0 Å². The third kappa shape index (κ3) is 4.57. The van der Waals surface area contributed by atoms with Crippen LogP contribution < -0.4 is 16.4 Å². The molecule has 0 fully saturated rings. The van der Waals surface area contributed by atoms with Crippen molar-refractivity contribution in [3.63, 3.8) is 0 Å². The second-order valence-electron chi connectivity index (χ2n) is 4.47. The van der Waals surface area contributed by atoms with Gasteiger partial charge in [-0.2, -0.15) is 0 Å². The Hall–Kier alpha value is -1.86. The maximum absolute atomic E-state index is 11.9. The number of nitrogens with zero attached hydrogens (tertiary/aromatic N) is 2. The van der Waals surface area contributed by atoms with Gasteiger partial charge in [0, 0.05) is 23.1 Å². The van der Waals surface area contributed by atoms with Gasteiger partial charge in [-0.1, -0.05) is 33.6 Å². The smallest absolute Gasteiger partial charge is 0.251 e. The van der Waals surface area contributed by atoms with Crippen LogP contribution in [-0.2, 0) is 0 Å². The van der Waals surface area contributed by atoms with E-state index < -0.39 is 0 Å². The Bertz CT molecular complexity index is 667. The summed E-state index contributed by atoms with van der Waals surface area (Å²) in [6.45, 7) is 1.14. The number of nitrogens with two attached hydrogens (primary N) is 1. The highest BCUT2D eigenvalue weighted by Crippen LogP contribution is 2.22. The standard InChI is InChI=1S/C14H15BrClN5O/c15-10-4-1-3-9(7-10)14(22)19-6-2-5-18-13-11(16)12(17)20-8-21-13/h1,3-4,7-8H,2,5-6H2,(H,19,22)(H3,17,18,20,21). The molecule has 22 heavy (non-hydrogen) atoms. The van der Waals surface area contributed by atoms with E-state index in [0.717, 1.165) is 10.9 Å². The molecule has 0 saturated carbocycles. The van der Waals surface area contributed by atoms with Crippen LogP contribution in [0.3, 0.4) is 0 Å². The van der Waals surface area contributed by atoms with Gasteiger partial charge in [-0.3, -0.25) is 4.79 Å². The van der Waals surface area contributed by atoms with Crippen LogP contribution in [0.15, 0.2) is 35.1 Å². The fourth-order valence-corrected chi connectivity index (χ4v) is 2.30. The molecule has 0 aliphatic rings. The Morgan fingerprint density at radius 3 is 2.91 bits per heavy atom. The van der Waals surface area contributed by atoms with E-state index in [2.05, 4.69) is 36.5 Å². The number of anilines is 2. The van der Waals surface area contributed by atoms with E-state index >= 15 is 0 Å². The first-order valence-corrected chi connectivity index (χ1v) is 7.78. The summed E-state index contributed by atoms with van der Waals surface area (Å²) in [6.07, 6.45) is 2.07. The van der Waals surface area contributed by atoms with Gasteiger partial charge >= 0.3 is 0 Å². The van der Waals surface area contributed by atoms with Crippen molar-refractivity contribution in [3.8, 4) is 0 Å². The molecule has 1 amide bonds. The van der Waals surface area contributed by atoms with Gasteiger partial charge in [0.2, 0.25) is 0 Å². The van der Waals surface area contributed by atoms with Crippen molar-refractivity contribution in [2.75, 3.05) is 24.1 Å². The highest BCUT2D eigenvalue weighted by molar-refractivity contribution is 9.10. The summed E-state index contributed by atoms with van der Waals surface area (Å²) < 4.78 is 0.873. The van der Waals surface area contributed by atoms with E-state index in [1.165, 1.54) is 6.33 Å². The minimum absolute atomic E-state index is 0.106. The third-order valence-electron chi connectivity index (χ3n) is 2.83. The summed E-state index contributed by atoms with van der Waals surface area (Å²) in [5.41, 5.74) is 6.20. The van der Waals surface area contributed by atoms with Crippen molar-refractivity contribution >= 4 is 45.1 Å². The quantitative estimate of drug-likeness (QED) is 0.666. The molecule has 0 bridgehead atoms. The van der Waals surface area contributed by atoms with E-state index in [9.17, 15) is 4.79 Å². The first kappa shape index (κ1) is 16.5. The second kappa shape index (κ2) is 7.95. The van der Waals surface area contributed by atoms with Gasteiger partial charge in [0.05, 0.1) is 0 Å². The first-order chi connectivity index (χ1) is 10.6. The summed E-state index contributed by atoms with van der Waals surface area (Å²) in [7, 11) is 0. The second-order valence-corrected chi connectivity index (χ2v) is 5.76. The normalized spacial score (nSPS) is 10.3. The van der Waals surface area contributed by atoms with Crippen molar-refractivity contribution in [3.05, 3.63) is 45.7 Å². The molecule has 2 rings (SSSR count). The largest absolute Gasteiger partial charge is 0.382 e. The molecule has 0 aliphatic heterocycles. The van der Waals surface area contributed by atoms with Crippen molar-refractivity contribution in [1.82, 2.24) is 15.3 Å². The van der Waals surface area contributed by atoms with E-state index in [-0.39, 0.29) is 11.7 Å². The number of benzene rings is 1. The predicted molar refractivity (Wildman–Crippen MR) is 91.0 cm³/mol. The lowest BCUT2D eigenvalue weighted by atomic mass is 10.2. The van der Waals surface area contributed by atoms with Crippen molar-refractivity contribution < 1.29 is 4.79 Å². The molecule has 1 aromatic carbocycles. The minimum atomic E-state index is -0.106. The van der Waals surface area contributed by atoms with E-state index in [1.54, 1.807) is 12.1 Å². The number of carbonyl (C=O) groups is 1. The van der Waals surface area contributed by atoms with Crippen LogP contribution in [0.2, 0.25) is 5.02 Å². The van der Waals surface area contributed by atoms with E-state index in [1.807, 2.05) is 12.1 Å². The summed E-state index contributed by atoms with van der Waals surface area (Å²) in [4.78, 5) is 19.7. The molecule has 0 atom stereocenters. The molecule has 0 unspecified atom stereocenters. The average molecular weight is 385 g/mol. The third-order valence-corrected chi connectivity index (χ3v) is 3.70. The molecular formula is C14H15BrClN5O. The number of aromatic nitrogens is 2. The zero-order chi connectivity index (χ0) is 15.9. The molecule has 0 spiro atoms. The number of amides is 1. The average Bonchev–Trinajstić information content (AvgIpc) is 2.51. The van der Waals surface area contributed by atoms with Gasteiger partial charge in [-0.25, -0.2) is 9.97 Å². The summed E-state index contributed by atoms with van der Waals surface area (Å²) >= 11 is 9.30. The number of halogens is 2. The Labute approximate surface area is 141 Å². The Balaban J connectivity index is 1.73. The SMILES string of the molecule is Nc1ncnc(NCCCNC(=O)c2cccc(Br)c2)c1Cl. The molecule has 0 saturated heterocycles. The number of carbonyl (C=O) groups excluding carboxylic acids is 1. The van der Waals surface area contributed by atoms with Gasteiger partial charge in [-0.05, 0) is 24.6 Å². The van der Waals surface area contributed by atoms with Crippen molar-refractivity contribution in [2.24, 2.45) is 0 Å². The van der Waals surface area contributed by atoms with Crippen LogP contribution in [0.25, 0.3) is 0 Å². The summed E-state index contributed by atoms with van der Waals surface area (Å²) in [5, 5.41) is 6.21. The molecule has 2 aromatic rings. The highest BCUT2D eigenvalue weighted by atomic mass is 79.9. The lowest BCUT2D eigenvalue weighted by Crippen LogP contribution is -2.25.